The molecule has 3 heteroatoms. The summed E-state index contributed by atoms with van der Waals surface area (Å²) < 4.78 is 0. The minimum Gasteiger partial charge on any atom is -0.345 e. The highest BCUT2D eigenvalue weighted by Crippen LogP contribution is 2.00. The predicted octanol–water partition coefficient (Wildman–Crippen LogP) is 0.990. The molecule has 13 heavy (non-hydrogen) atoms. The lowest BCUT2D eigenvalue weighted by molar-refractivity contribution is -0.119. The van der Waals surface area contributed by atoms with E-state index in [-0.39, 0.29) is 12.5 Å². The maximum absolute atomic E-state index is 11.2. The summed E-state index contributed by atoms with van der Waals surface area (Å²) in [6.45, 7) is 8.90. The molecule has 0 heterocycles. The molecule has 0 aliphatic rings. The van der Waals surface area contributed by atoms with Crippen molar-refractivity contribution in [2.75, 3.05) is 6.54 Å². The van der Waals surface area contributed by atoms with Crippen LogP contribution < -0.4 is 5.32 Å². The largest absolute Gasteiger partial charge is 0.345 e. The minimum atomic E-state index is -0.315. The highest BCUT2D eigenvalue weighted by Gasteiger charge is 2.03. The van der Waals surface area contributed by atoms with Gasteiger partial charge in [-0.2, -0.15) is 0 Å². The van der Waals surface area contributed by atoms with Crippen LogP contribution in [0.5, 0.6) is 0 Å². The van der Waals surface area contributed by atoms with Crippen molar-refractivity contribution in [3.8, 4) is 0 Å². The number of carbonyl (C=O) groups excluding carboxylic acids is 2. The van der Waals surface area contributed by atoms with E-state index in [1.807, 2.05) is 0 Å². The SMILES string of the molecule is C=C/C(=C\C(=C)C)C(=O)NCC=O. The number of aldehydes is 1. The van der Waals surface area contributed by atoms with Gasteiger partial charge in [0, 0.05) is 5.57 Å². The second-order valence-corrected chi connectivity index (χ2v) is 2.53. The normalized spacial score (nSPS) is 10.4. The van der Waals surface area contributed by atoms with E-state index >= 15 is 0 Å². The van der Waals surface area contributed by atoms with E-state index in [1.165, 1.54) is 6.08 Å². The summed E-state index contributed by atoms with van der Waals surface area (Å²) in [4.78, 5) is 21.2. The zero-order chi connectivity index (χ0) is 10.3. The molecule has 70 valence electrons. The molecule has 0 spiro atoms. The fourth-order valence-corrected chi connectivity index (χ4v) is 0.719. The van der Waals surface area contributed by atoms with Crippen molar-refractivity contribution in [2.45, 2.75) is 6.92 Å². The minimum absolute atomic E-state index is 0.0141. The quantitative estimate of drug-likeness (QED) is 0.388. The van der Waals surface area contributed by atoms with Crippen molar-refractivity contribution in [1.82, 2.24) is 5.32 Å². The Morgan fingerprint density at radius 3 is 2.54 bits per heavy atom. The number of allylic oxidation sites excluding steroid dienone is 2. The Morgan fingerprint density at radius 1 is 1.54 bits per heavy atom. The van der Waals surface area contributed by atoms with Crippen molar-refractivity contribution >= 4 is 12.2 Å². The average Bonchev–Trinajstić information content (AvgIpc) is 2.09. The van der Waals surface area contributed by atoms with Gasteiger partial charge in [-0.25, -0.2) is 0 Å². The number of hydrogen-bond acceptors (Lipinski definition) is 2. The molecule has 0 unspecified atom stereocenters. The number of hydrogen-bond donors (Lipinski definition) is 1. The van der Waals surface area contributed by atoms with Crippen LogP contribution >= 0.6 is 0 Å². The molecule has 3 nitrogen and oxygen atoms in total. The summed E-state index contributed by atoms with van der Waals surface area (Å²) in [7, 11) is 0. The van der Waals surface area contributed by atoms with Gasteiger partial charge in [-0.3, -0.25) is 4.79 Å². The molecule has 0 aromatic rings. The van der Waals surface area contributed by atoms with Crippen LogP contribution in [0.25, 0.3) is 0 Å². The molecule has 0 aliphatic carbocycles. The van der Waals surface area contributed by atoms with Crippen molar-refractivity contribution in [3.63, 3.8) is 0 Å². The third-order valence-corrected chi connectivity index (χ3v) is 1.23. The van der Waals surface area contributed by atoms with Gasteiger partial charge in [0.2, 0.25) is 0 Å². The summed E-state index contributed by atoms with van der Waals surface area (Å²) in [5.74, 6) is -0.315. The predicted molar refractivity (Wildman–Crippen MR) is 52.2 cm³/mol. The van der Waals surface area contributed by atoms with Gasteiger partial charge in [0.15, 0.2) is 0 Å². The molecule has 0 aliphatic heterocycles. The summed E-state index contributed by atoms with van der Waals surface area (Å²) >= 11 is 0. The Kier molecular flexibility index (Phi) is 5.19. The third-order valence-electron chi connectivity index (χ3n) is 1.23. The Hall–Kier alpha value is -1.64. The summed E-state index contributed by atoms with van der Waals surface area (Å²) in [5.41, 5.74) is 1.17. The van der Waals surface area contributed by atoms with Crippen LogP contribution in [0.3, 0.4) is 0 Å². The standard InChI is InChI=1S/C10H13NO2/c1-4-9(7-8(2)3)10(13)11-5-6-12/h4,6-7H,1-2,5H2,3H3,(H,11,13)/b9-7+. The first-order valence-corrected chi connectivity index (χ1v) is 3.83. The summed E-state index contributed by atoms with van der Waals surface area (Å²) in [5, 5.41) is 2.40. The Balaban J connectivity index is 4.40. The zero-order valence-corrected chi connectivity index (χ0v) is 7.67. The summed E-state index contributed by atoms with van der Waals surface area (Å²) in [6, 6.07) is 0. The molecule has 0 bridgehead atoms. The Labute approximate surface area is 77.8 Å². The van der Waals surface area contributed by atoms with Gasteiger partial charge < -0.3 is 10.1 Å². The van der Waals surface area contributed by atoms with Crippen LogP contribution in [0.1, 0.15) is 6.92 Å². The van der Waals surface area contributed by atoms with E-state index in [1.54, 1.807) is 13.0 Å². The molecule has 0 saturated heterocycles. The molecule has 0 rings (SSSR count). The monoisotopic (exact) mass is 179 g/mol. The fraction of sp³-hybridized carbons (Fsp3) is 0.200. The first-order chi connectivity index (χ1) is 6.11. The van der Waals surface area contributed by atoms with Crippen LogP contribution in [0.4, 0.5) is 0 Å². The van der Waals surface area contributed by atoms with Crippen LogP contribution in [0, 0.1) is 0 Å². The van der Waals surface area contributed by atoms with Gasteiger partial charge in [-0.1, -0.05) is 24.8 Å². The van der Waals surface area contributed by atoms with Crippen molar-refractivity contribution in [2.24, 2.45) is 0 Å². The molecule has 0 aromatic heterocycles. The van der Waals surface area contributed by atoms with Gasteiger partial charge in [-0.05, 0) is 13.0 Å². The molecule has 0 radical (unpaired) electrons. The van der Waals surface area contributed by atoms with Gasteiger partial charge in [0.05, 0.1) is 6.54 Å². The molecule has 0 atom stereocenters. The second kappa shape index (κ2) is 5.94. The topological polar surface area (TPSA) is 46.2 Å². The smallest absolute Gasteiger partial charge is 0.251 e. The van der Waals surface area contributed by atoms with Crippen LogP contribution in [0.15, 0.2) is 36.5 Å². The number of rotatable bonds is 5. The second-order valence-electron chi connectivity index (χ2n) is 2.53. The zero-order valence-electron chi connectivity index (χ0n) is 7.67. The first kappa shape index (κ1) is 11.4. The third kappa shape index (κ3) is 4.74. The Morgan fingerprint density at radius 2 is 2.15 bits per heavy atom. The van der Waals surface area contributed by atoms with Gasteiger partial charge in [0.25, 0.3) is 5.91 Å². The van der Waals surface area contributed by atoms with E-state index < -0.39 is 0 Å². The lowest BCUT2D eigenvalue weighted by Crippen LogP contribution is -2.26. The number of amides is 1. The molecular formula is C10H13NO2. The number of nitrogens with one attached hydrogen (secondary N) is 1. The first-order valence-electron chi connectivity index (χ1n) is 3.83. The maximum atomic E-state index is 11.2. The molecular weight excluding hydrogens is 166 g/mol. The maximum Gasteiger partial charge on any atom is 0.251 e. The van der Waals surface area contributed by atoms with Gasteiger partial charge in [-0.15, -0.1) is 0 Å². The van der Waals surface area contributed by atoms with Crippen LogP contribution in [-0.2, 0) is 9.59 Å². The Bertz CT molecular complexity index is 264. The lowest BCUT2D eigenvalue weighted by atomic mass is 10.2. The van der Waals surface area contributed by atoms with E-state index in [0.717, 1.165) is 5.57 Å². The number of carbonyl (C=O) groups is 2. The molecule has 1 amide bonds. The van der Waals surface area contributed by atoms with Crippen LogP contribution in [-0.4, -0.2) is 18.7 Å². The average molecular weight is 179 g/mol. The van der Waals surface area contributed by atoms with E-state index in [2.05, 4.69) is 18.5 Å². The highest BCUT2D eigenvalue weighted by atomic mass is 16.2. The highest BCUT2D eigenvalue weighted by molar-refractivity contribution is 5.97. The van der Waals surface area contributed by atoms with Crippen LogP contribution in [0.2, 0.25) is 0 Å². The van der Waals surface area contributed by atoms with Gasteiger partial charge in [0.1, 0.15) is 6.29 Å². The van der Waals surface area contributed by atoms with E-state index in [9.17, 15) is 9.59 Å². The molecule has 1 N–H and O–H groups in total. The van der Waals surface area contributed by atoms with E-state index in [4.69, 9.17) is 0 Å². The molecule has 0 saturated carbocycles. The fourth-order valence-electron chi connectivity index (χ4n) is 0.719. The molecule has 0 fully saturated rings. The van der Waals surface area contributed by atoms with Crippen molar-refractivity contribution in [1.29, 1.82) is 0 Å². The van der Waals surface area contributed by atoms with Crippen molar-refractivity contribution in [3.05, 3.63) is 36.5 Å². The van der Waals surface area contributed by atoms with Crippen molar-refractivity contribution < 1.29 is 9.59 Å². The molecule has 0 aromatic carbocycles. The van der Waals surface area contributed by atoms with Gasteiger partial charge >= 0.3 is 0 Å². The summed E-state index contributed by atoms with van der Waals surface area (Å²) in [6.07, 6.45) is 3.65. The van der Waals surface area contributed by atoms with E-state index in [0.29, 0.717) is 11.9 Å². The lowest BCUT2D eigenvalue weighted by Gasteiger charge is -2.01.